The van der Waals surface area contributed by atoms with Gasteiger partial charge in [-0.15, -0.1) is 0 Å². The van der Waals surface area contributed by atoms with Crippen LogP contribution < -0.4 is 11.0 Å². The molecule has 0 amide bonds. The van der Waals surface area contributed by atoms with E-state index in [0.29, 0.717) is 6.04 Å². The number of rotatable bonds is 5. The minimum absolute atomic E-state index is 0.142. The molecule has 0 bridgehead atoms. The largest absolute Gasteiger partial charge is 0.323 e. The summed E-state index contributed by atoms with van der Waals surface area (Å²) in [7, 11) is 0. The van der Waals surface area contributed by atoms with Crippen LogP contribution in [-0.4, -0.2) is 16.5 Å². The topological polar surface area (TPSA) is 60.7 Å². The van der Waals surface area contributed by atoms with Gasteiger partial charge < -0.3 is 15.3 Å². The van der Waals surface area contributed by atoms with Crippen LogP contribution in [0.2, 0.25) is 0 Å². The number of aromatic nitrogens is 2. The van der Waals surface area contributed by atoms with Crippen LogP contribution in [0.4, 0.5) is 0 Å². The number of imidazole rings is 1. The smallest absolute Gasteiger partial charge is 0.310 e. The monoisotopic (exact) mass is 245 g/mol. The van der Waals surface area contributed by atoms with E-state index >= 15 is 0 Å². The summed E-state index contributed by atoms with van der Waals surface area (Å²) in [5, 5.41) is 3.54. The highest BCUT2D eigenvalue weighted by atomic mass is 16.1. The van der Waals surface area contributed by atoms with Crippen molar-refractivity contribution in [2.24, 2.45) is 5.92 Å². The van der Waals surface area contributed by atoms with E-state index in [1.807, 2.05) is 12.1 Å². The first-order chi connectivity index (χ1) is 8.72. The average Bonchev–Trinajstić information content (AvgIpc) is 3.08. The van der Waals surface area contributed by atoms with Crippen molar-refractivity contribution in [1.82, 2.24) is 15.3 Å². The lowest BCUT2D eigenvalue weighted by Gasteiger charge is -2.14. The Morgan fingerprint density at radius 1 is 1.33 bits per heavy atom. The van der Waals surface area contributed by atoms with E-state index in [-0.39, 0.29) is 5.69 Å². The molecule has 4 nitrogen and oxygen atoms in total. The van der Waals surface area contributed by atoms with Crippen molar-refractivity contribution in [3.8, 4) is 0 Å². The quantitative estimate of drug-likeness (QED) is 0.757. The molecule has 1 aliphatic carbocycles. The molecule has 2 aromatic rings. The molecule has 1 aliphatic rings. The molecule has 1 aromatic carbocycles. The number of aromatic amines is 2. The molecule has 3 rings (SSSR count). The summed E-state index contributed by atoms with van der Waals surface area (Å²) >= 11 is 0. The second-order valence-corrected chi connectivity index (χ2v) is 5.29. The second kappa shape index (κ2) is 4.61. The van der Waals surface area contributed by atoms with Gasteiger partial charge in [0.15, 0.2) is 0 Å². The first-order valence-corrected chi connectivity index (χ1v) is 6.68. The van der Waals surface area contributed by atoms with Crippen LogP contribution in [0.25, 0.3) is 11.0 Å². The fourth-order valence-corrected chi connectivity index (χ4v) is 2.35. The Morgan fingerprint density at radius 3 is 2.89 bits per heavy atom. The predicted molar refractivity (Wildman–Crippen MR) is 72.7 cm³/mol. The van der Waals surface area contributed by atoms with Gasteiger partial charge in [-0.25, -0.2) is 4.79 Å². The van der Waals surface area contributed by atoms with Crippen molar-refractivity contribution < 1.29 is 0 Å². The van der Waals surface area contributed by atoms with E-state index in [1.54, 1.807) is 0 Å². The van der Waals surface area contributed by atoms with Crippen LogP contribution in [0.3, 0.4) is 0 Å². The lowest BCUT2D eigenvalue weighted by atomic mass is 10.1. The molecule has 0 saturated heterocycles. The Hall–Kier alpha value is -1.55. The lowest BCUT2D eigenvalue weighted by Crippen LogP contribution is -2.20. The minimum Gasteiger partial charge on any atom is -0.310 e. The molecule has 1 heterocycles. The van der Waals surface area contributed by atoms with E-state index in [0.717, 1.165) is 23.5 Å². The summed E-state index contributed by atoms with van der Waals surface area (Å²) in [6.07, 6.45) is 4.10. The van der Waals surface area contributed by atoms with E-state index in [2.05, 4.69) is 28.3 Å². The predicted octanol–water partition coefficient (Wildman–Crippen LogP) is 2.31. The number of fused-ring (bicyclic) bond motifs is 1. The van der Waals surface area contributed by atoms with Crippen molar-refractivity contribution in [2.45, 2.75) is 32.2 Å². The highest BCUT2D eigenvalue weighted by molar-refractivity contribution is 5.75. The molecule has 4 heteroatoms. The number of hydrogen-bond donors (Lipinski definition) is 3. The van der Waals surface area contributed by atoms with Gasteiger partial charge in [0.05, 0.1) is 11.0 Å². The lowest BCUT2D eigenvalue weighted by molar-refractivity contribution is 0.540. The van der Waals surface area contributed by atoms with Crippen LogP contribution in [0.5, 0.6) is 0 Å². The number of hydrogen-bond acceptors (Lipinski definition) is 2. The fourth-order valence-electron chi connectivity index (χ4n) is 2.35. The van der Waals surface area contributed by atoms with E-state index in [9.17, 15) is 4.79 Å². The third-order valence-electron chi connectivity index (χ3n) is 3.74. The van der Waals surface area contributed by atoms with Crippen LogP contribution in [0.15, 0.2) is 23.0 Å². The maximum absolute atomic E-state index is 11.2. The molecule has 18 heavy (non-hydrogen) atoms. The molecule has 0 radical (unpaired) electrons. The molecular formula is C14H19N3O. The number of H-pyrrole nitrogens is 2. The van der Waals surface area contributed by atoms with Crippen LogP contribution >= 0.6 is 0 Å². The average molecular weight is 245 g/mol. The van der Waals surface area contributed by atoms with Crippen molar-refractivity contribution in [1.29, 1.82) is 0 Å². The summed E-state index contributed by atoms with van der Waals surface area (Å²) in [6.45, 7) is 3.24. The zero-order valence-electron chi connectivity index (χ0n) is 10.6. The van der Waals surface area contributed by atoms with Crippen molar-refractivity contribution >= 4 is 11.0 Å². The highest BCUT2D eigenvalue weighted by Crippen LogP contribution is 2.32. The Morgan fingerprint density at radius 2 is 2.11 bits per heavy atom. The Balaban J connectivity index is 1.69. The molecule has 3 N–H and O–H groups in total. The molecule has 0 aliphatic heterocycles. The first-order valence-electron chi connectivity index (χ1n) is 6.68. The molecule has 1 saturated carbocycles. The molecule has 1 unspecified atom stereocenters. The van der Waals surface area contributed by atoms with Crippen molar-refractivity contribution in [2.75, 3.05) is 6.54 Å². The van der Waals surface area contributed by atoms with Gasteiger partial charge in [-0.3, -0.25) is 0 Å². The van der Waals surface area contributed by atoms with Crippen molar-refractivity contribution in [3.63, 3.8) is 0 Å². The summed E-state index contributed by atoms with van der Waals surface area (Å²) in [5.74, 6) is 0.966. The first kappa shape index (κ1) is 11.5. The second-order valence-electron chi connectivity index (χ2n) is 5.29. The van der Waals surface area contributed by atoms with E-state index in [4.69, 9.17) is 0 Å². The summed E-state index contributed by atoms with van der Waals surface area (Å²) in [6, 6.07) is 6.40. The Labute approximate surface area is 106 Å². The Kier molecular flexibility index (Phi) is 2.96. The van der Waals surface area contributed by atoms with Gasteiger partial charge >= 0.3 is 5.69 Å². The van der Waals surface area contributed by atoms with Crippen LogP contribution in [0.1, 0.15) is 37.8 Å². The Bertz CT molecular complexity index is 594. The third kappa shape index (κ3) is 2.48. The van der Waals surface area contributed by atoms with Gasteiger partial charge in [0, 0.05) is 6.04 Å². The van der Waals surface area contributed by atoms with E-state index in [1.165, 1.54) is 24.8 Å². The van der Waals surface area contributed by atoms with Gasteiger partial charge in [0.1, 0.15) is 0 Å². The maximum Gasteiger partial charge on any atom is 0.323 e. The maximum atomic E-state index is 11.2. The fraction of sp³-hybridized carbons (Fsp3) is 0.500. The summed E-state index contributed by atoms with van der Waals surface area (Å²) in [4.78, 5) is 16.8. The van der Waals surface area contributed by atoms with Crippen molar-refractivity contribution in [3.05, 3.63) is 34.2 Å². The van der Waals surface area contributed by atoms with Gasteiger partial charge in [-0.05, 0) is 43.5 Å². The zero-order valence-corrected chi connectivity index (χ0v) is 10.6. The molecular weight excluding hydrogens is 226 g/mol. The summed E-state index contributed by atoms with van der Waals surface area (Å²) < 4.78 is 0. The highest BCUT2D eigenvalue weighted by Gasteiger charge is 2.20. The zero-order chi connectivity index (χ0) is 12.5. The minimum atomic E-state index is -0.142. The van der Waals surface area contributed by atoms with E-state index < -0.39 is 0 Å². The number of benzene rings is 1. The summed E-state index contributed by atoms with van der Waals surface area (Å²) in [5.41, 5.74) is 2.83. The van der Waals surface area contributed by atoms with Gasteiger partial charge in [-0.1, -0.05) is 18.9 Å². The van der Waals surface area contributed by atoms with Gasteiger partial charge in [0.2, 0.25) is 0 Å². The molecule has 96 valence electrons. The van der Waals surface area contributed by atoms with Crippen LogP contribution in [0, 0.1) is 5.92 Å². The normalized spacial score (nSPS) is 17.2. The van der Waals surface area contributed by atoms with Crippen LogP contribution in [-0.2, 0) is 0 Å². The van der Waals surface area contributed by atoms with Gasteiger partial charge in [-0.2, -0.15) is 0 Å². The molecule has 0 spiro atoms. The standard InChI is InChI=1S/C14H19N3O/c1-9(15-7-6-10-2-3-10)11-4-5-12-13(8-11)17-14(18)16-12/h4-5,8-10,15H,2-3,6-7H2,1H3,(H2,16,17,18). The van der Waals surface area contributed by atoms with Gasteiger partial charge in [0.25, 0.3) is 0 Å². The molecule has 1 atom stereocenters. The molecule has 1 fully saturated rings. The SMILES string of the molecule is CC(NCCC1CC1)c1ccc2[nH]c(=O)[nH]c2c1. The molecule has 1 aromatic heterocycles. The number of nitrogens with one attached hydrogen (secondary N) is 3. The third-order valence-corrected chi connectivity index (χ3v) is 3.74.